The Kier molecular flexibility index (Phi) is 14.1. The van der Waals surface area contributed by atoms with Gasteiger partial charge in [0, 0.05) is 11.9 Å². The average molecular weight is 482 g/mol. The molecule has 0 saturated heterocycles. The van der Waals surface area contributed by atoms with Gasteiger partial charge in [0.2, 0.25) is 0 Å². The minimum atomic E-state index is -4.96. The molecule has 0 aromatic carbocycles. The fraction of sp³-hybridized carbons (Fsp3) is 0.739. The number of nitrogens with zero attached hydrogens (tertiary/aromatic N) is 1. The van der Waals surface area contributed by atoms with Crippen molar-refractivity contribution in [3.05, 3.63) is 16.3 Å². The van der Waals surface area contributed by atoms with Crippen molar-refractivity contribution in [2.24, 2.45) is 0 Å². The molecule has 0 saturated carbocycles. The molecule has 1 aromatic rings. The van der Waals surface area contributed by atoms with Crippen molar-refractivity contribution < 1.29 is 22.8 Å². The number of hydrogen-bond donors (Lipinski definition) is 0. The van der Waals surface area contributed by atoms with Gasteiger partial charge in [0.05, 0.1) is 10.6 Å². The summed E-state index contributed by atoms with van der Waals surface area (Å²) in [4.78, 5) is 23.8. The van der Waals surface area contributed by atoms with Crippen LogP contribution >= 0.6 is 22.9 Å². The zero-order valence-electron chi connectivity index (χ0n) is 18.4. The highest BCUT2D eigenvalue weighted by atomic mass is 35.5. The fourth-order valence-electron chi connectivity index (χ4n) is 3.54. The summed E-state index contributed by atoms with van der Waals surface area (Å²) >= 11 is 6.31. The van der Waals surface area contributed by atoms with Crippen molar-refractivity contribution >= 4 is 39.8 Å². The third-order valence-corrected chi connectivity index (χ3v) is 6.55. The van der Waals surface area contributed by atoms with E-state index in [-0.39, 0.29) is 17.1 Å². The van der Waals surface area contributed by atoms with Crippen LogP contribution in [0.2, 0.25) is 0 Å². The Labute approximate surface area is 193 Å². The molecule has 31 heavy (non-hydrogen) atoms. The summed E-state index contributed by atoms with van der Waals surface area (Å²) in [6.07, 6.45) is 11.1. The molecule has 0 N–H and O–H groups in total. The lowest BCUT2D eigenvalue weighted by Crippen LogP contribution is -2.41. The highest BCUT2D eigenvalue weighted by molar-refractivity contribution is 7.14. The van der Waals surface area contributed by atoms with Gasteiger partial charge in [-0.3, -0.25) is 9.59 Å². The molecule has 8 heteroatoms. The molecule has 0 aliphatic heterocycles. The summed E-state index contributed by atoms with van der Waals surface area (Å²) in [6.45, 7) is 2.20. The topological polar surface area (TPSA) is 37.4 Å². The van der Waals surface area contributed by atoms with Crippen molar-refractivity contribution in [1.82, 2.24) is 0 Å². The van der Waals surface area contributed by atoms with Crippen LogP contribution in [0.25, 0.3) is 0 Å². The number of carbonyl (C=O) groups is 2. The SMILES string of the molecule is CCCCCCCCCCCCCCCCN(C(=O)C(F)(F)F)c1csc(C(=O)Cl)c1. The summed E-state index contributed by atoms with van der Waals surface area (Å²) in [6, 6.07) is 1.24. The van der Waals surface area contributed by atoms with Crippen molar-refractivity contribution in [1.29, 1.82) is 0 Å². The number of halogens is 4. The highest BCUT2D eigenvalue weighted by Gasteiger charge is 2.43. The standard InChI is InChI=1S/C23H35ClF3NO2S/c1-2-3-4-5-6-7-8-9-10-11-12-13-14-15-16-28(22(30)23(25,26)27)19-17-20(21(24)29)31-18-19/h17-18H,2-16H2,1H3. The maximum atomic E-state index is 13.0. The van der Waals surface area contributed by atoms with E-state index in [0.29, 0.717) is 11.3 Å². The lowest BCUT2D eigenvalue weighted by molar-refractivity contribution is -0.170. The molecular formula is C23H35ClF3NO2S. The van der Waals surface area contributed by atoms with Crippen molar-refractivity contribution in [3.8, 4) is 0 Å². The van der Waals surface area contributed by atoms with E-state index in [2.05, 4.69) is 6.92 Å². The molecule has 1 heterocycles. The van der Waals surface area contributed by atoms with Gasteiger partial charge in [0.1, 0.15) is 0 Å². The van der Waals surface area contributed by atoms with E-state index >= 15 is 0 Å². The number of hydrogen-bond acceptors (Lipinski definition) is 3. The highest BCUT2D eigenvalue weighted by Crippen LogP contribution is 2.29. The first-order valence-electron chi connectivity index (χ1n) is 11.4. The molecule has 0 bridgehead atoms. The largest absolute Gasteiger partial charge is 0.471 e. The van der Waals surface area contributed by atoms with Crippen LogP contribution in [0.3, 0.4) is 0 Å². The van der Waals surface area contributed by atoms with Crippen LogP contribution in [0.4, 0.5) is 18.9 Å². The Balaban J connectivity index is 2.23. The van der Waals surface area contributed by atoms with E-state index in [9.17, 15) is 22.8 Å². The van der Waals surface area contributed by atoms with E-state index in [1.54, 1.807) is 0 Å². The predicted octanol–water partition coefficient (Wildman–Crippen LogP) is 8.50. The molecule has 178 valence electrons. The molecule has 0 spiro atoms. The van der Waals surface area contributed by atoms with Crippen LogP contribution in [0.5, 0.6) is 0 Å². The van der Waals surface area contributed by atoms with Crippen LogP contribution in [0, 0.1) is 0 Å². The predicted molar refractivity (Wildman–Crippen MR) is 123 cm³/mol. The summed E-state index contributed by atoms with van der Waals surface area (Å²) in [7, 11) is 0. The lowest BCUT2D eigenvalue weighted by Gasteiger charge is -2.22. The van der Waals surface area contributed by atoms with Gasteiger partial charge in [0.25, 0.3) is 5.24 Å². The molecule has 3 nitrogen and oxygen atoms in total. The summed E-state index contributed by atoms with van der Waals surface area (Å²) in [5.41, 5.74) is 0.0750. The summed E-state index contributed by atoms with van der Waals surface area (Å²) < 4.78 is 38.9. The van der Waals surface area contributed by atoms with Gasteiger partial charge in [-0.1, -0.05) is 90.4 Å². The zero-order chi connectivity index (χ0) is 23.1. The van der Waals surface area contributed by atoms with Gasteiger partial charge in [-0.25, -0.2) is 0 Å². The molecular weight excluding hydrogens is 447 g/mol. The molecule has 0 aliphatic carbocycles. The van der Waals surface area contributed by atoms with Gasteiger partial charge >= 0.3 is 12.1 Å². The minimum Gasteiger partial charge on any atom is -0.304 e. The van der Waals surface area contributed by atoms with Crippen LogP contribution in [-0.4, -0.2) is 23.9 Å². The van der Waals surface area contributed by atoms with Gasteiger partial charge in [-0.2, -0.15) is 13.2 Å². The lowest BCUT2D eigenvalue weighted by atomic mass is 10.0. The molecule has 1 aromatic heterocycles. The Morgan fingerprint density at radius 1 is 0.871 bits per heavy atom. The van der Waals surface area contributed by atoms with Crippen molar-refractivity contribution in [2.75, 3.05) is 11.4 Å². The molecule has 0 fully saturated rings. The van der Waals surface area contributed by atoms with E-state index in [4.69, 9.17) is 11.6 Å². The van der Waals surface area contributed by atoms with Crippen molar-refractivity contribution in [3.63, 3.8) is 0 Å². The second kappa shape index (κ2) is 15.7. The second-order valence-corrected chi connectivity index (χ2v) is 9.25. The van der Waals surface area contributed by atoms with Crippen molar-refractivity contribution in [2.45, 2.75) is 103 Å². The van der Waals surface area contributed by atoms with E-state index in [1.807, 2.05) is 0 Å². The summed E-state index contributed by atoms with van der Waals surface area (Å²) in [5, 5.41) is 0.621. The molecule has 0 unspecified atom stereocenters. The van der Waals surface area contributed by atoms with Gasteiger partial charge in [-0.05, 0) is 24.1 Å². The Morgan fingerprint density at radius 3 is 1.71 bits per heavy atom. The Hall–Kier alpha value is -1.08. The maximum Gasteiger partial charge on any atom is 0.471 e. The van der Waals surface area contributed by atoms with E-state index in [0.717, 1.165) is 37.0 Å². The number of thiophene rings is 1. The fourth-order valence-corrected chi connectivity index (χ4v) is 4.45. The number of unbranched alkanes of at least 4 members (excludes halogenated alkanes) is 13. The average Bonchev–Trinajstić information content (AvgIpc) is 3.20. The Morgan fingerprint density at radius 2 is 1.32 bits per heavy atom. The van der Waals surface area contributed by atoms with E-state index in [1.165, 1.54) is 69.2 Å². The van der Waals surface area contributed by atoms with Crippen LogP contribution in [0.1, 0.15) is 106 Å². The normalized spacial score (nSPS) is 11.6. The first-order chi connectivity index (χ1) is 14.8. The van der Waals surface area contributed by atoms with Gasteiger partial charge < -0.3 is 4.90 Å². The summed E-state index contributed by atoms with van der Waals surface area (Å²) in [5.74, 6) is -1.91. The molecule has 1 rings (SSSR count). The van der Waals surface area contributed by atoms with Gasteiger partial charge in [0.15, 0.2) is 0 Å². The molecule has 0 aliphatic rings. The molecule has 0 atom stereocenters. The third kappa shape index (κ3) is 11.9. The first-order valence-corrected chi connectivity index (χ1v) is 12.7. The second-order valence-electron chi connectivity index (χ2n) is 7.99. The van der Waals surface area contributed by atoms with Crippen LogP contribution in [0.15, 0.2) is 11.4 Å². The molecule has 0 radical (unpaired) electrons. The minimum absolute atomic E-state index is 0.0248. The van der Waals surface area contributed by atoms with Crippen LogP contribution in [-0.2, 0) is 4.79 Å². The van der Waals surface area contributed by atoms with E-state index < -0.39 is 17.3 Å². The smallest absolute Gasteiger partial charge is 0.304 e. The molecule has 1 amide bonds. The Bertz CT molecular complexity index is 649. The maximum absolute atomic E-state index is 13.0. The number of amides is 1. The number of rotatable bonds is 17. The number of carbonyl (C=O) groups excluding carboxylic acids is 2. The third-order valence-electron chi connectivity index (χ3n) is 5.31. The number of anilines is 1. The quantitative estimate of drug-likeness (QED) is 0.165. The number of alkyl halides is 3. The monoisotopic (exact) mass is 481 g/mol. The van der Waals surface area contributed by atoms with Gasteiger partial charge in [-0.15, -0.1) is 11.3 Å². The van der Waals surface area contributed by atoms with Crippen LogP contribution < -0.4 is 4.90 Å². The zero-order valence-corrected chi connectivity index (χ0v) is 20.0. The first kappa shape index (κ1) is 28.0.